The quantitative estimate of drug-likeness (QED) is 0.546. The van der Waals surface area contributed by atoms with Crippen LogP contribution in [0.15, 0.2) is 72.8 Å². The van der Waals surface area contributed by atoms with Crippen LogP contribution in [0.5, 0.6) is 17.2 Å². The number of phenols is 2. The van der Waals surface area contributed by atoms with Gasteiger partial charge in [0.2, 0.25) is 0 Å². The van der Waals surface area contributed by atoms with Gasteiger partial charge in [-0.3, -0.25) is 0 Å². The van der Waals surface area contributed by atoms with E-state index in [0.717, 1.165) is 11.1 Å². The minimum atomic E-state index is -0.608. The number of ether oxygens (including phenoxy) is 1. The van der Waals surface area contributed by atoms with E-state index in [2.05, 4.69) is 0 Å². The number of aromatic hydroxyl groups is 2. The number of hydrogen-bond donors (Lipinski definition) is 2. The highest BCUT2D eigenvalue weighted by atomic mass is 16.5. The Labute approximate surface area is 146 Å². The first-order chi connectivity index (χ1) is 12.0. The molecule has 2 N–H and O–H groups in total. The maximum atomic E-state index is 12.4. The lowest BCUT2D eigenvalue weighted by atomic mass is 9.92. The van der Waals surface area contributed by atoms with Crippen molar-refractivity contribution in [3.05, 3.63) is 89.5 Å². The van der Waals surface area contributed by atoms with E-state index >= 15 is 0 Å². The van der Waals surface area contributed by atoms with Crippen LogP contribution in [0.25, 0.3) is 0 Å². The summed E-state index contributed by atoms with van der Waals surface area (Å²) < 4.78 is 5.31. The molecule has 0 aliphatic rings. The van der Waals surface area contributed by atoms with Gasteiger partial charge in [0.1, 0.15) is 22.8 Å². The van der Waals surface area contributed by atoms with Gasteiger partial charge in [0.05, 0.1) is 0 Å². The van der Waals surface area contributed by atoms with Gasteiger partial charge in [-0.1, -0.05) is 43.3 Å². The predicted molar refractivity (Wildman–Crippen MR) is 95.1 cm³/mol. The summed E-state index contributed by atoms with van der Waals surface area (Å²) in [6, 6.07) is 20.5. The fraction of sp³-hybridized carbons (Fsp3) is 0.0952. The van der Waals surface area contributed by atoms with Crippen LogP contribution in [-0.4, -0.2) is 16.2 Å². The van der Waals surface area contributed by atoms with Gasteiger partial charge < -0.3 is 14.9 Å². The lowest BCUT2D eigenvalue weighted by molar-refractivity contribution is 0.0731. The zero-order valence-electron chi connectivity index (χ0n) is 13.7. The Hall–Kier alpha value is -3.27. The van der Waals surface area contributed by atoms with E-state index in [4.69, 9.17) is 4.74 Å². The third kappa shape index (κ3) is 3.80. The Bertz CT molecular complexity index is 870. The van der Waals surface area contributed by atoms with Gasteiger partial charge in [-0.05, 0) is 47.5 Å². The molecule has 3 aromatic carbocycles. The molecule has 0 amide bonds. The smallest absolute Gasteiger partial charge is 0.347 e. The van der Waals surface area contributed by atoms with E-state index in [1.807, 2.05) is 25.1 Å². The number of benzene rings is 3. The molecular formula is C21H18O4. The Balaban J connectivity index is 1.87. The molecule has 126 valence electrons. The highest BCUT2D eigenvalue weighted by Crippen LogP contribution is 2.29. The van der Waals surface area contributed by atoms with Crippen LogP contribution in [0.4, 0.5) is 0 Å². The van der Waals surface area contributed by atoms with Crippen molar-refractivity contribution >= 4 is 5.97 Å². The van der Waals surface area contributed by atoms with E-state index in [1.54, 1.807) is 48.5 Å². The van der Waals surface area contributed by atoms with Crippen LogP contribution >= 0.6 is 0 Å². The second kappa shape index (κ2) is 7.09. The number of esters is 1. The maximum absolute atomic E-state index is 12.4. The molecule has 1 unspecified atom stereocenters. The maximum Gasteiger partial charge on any atom is 0.347 e. The molecule has 0 saturated carbocycles. The molecule has 0 aromatic heterocycles. The average molecular weight is 334 g/mol. The number of carbonyl (C=O) groups excluding carboxylic acids is 1. The van der Waals surface area contributed by atoms with Crippen LogP contribution in [0.2, 0.25) is 0 Å². The van der Waals surface area contributed by atoms with Crippen LogP contribution in [0, 0.1) is 0 Å². The summed E-state index contributed by atoms with van der Waals surface area (Å²) in [6.45, 7) is 1.99. The van der Waals surface area contributed by atoms with E-state index < -0.39 is 5.97 Å². The fourth-order valence-corrected chi connectivity index (χ4v) is 2.59. The molecule has 0 bridgehead atoms. The summed E-state index contributed by atoms with van der Waals surface area (Å²) in [5, 5.41) is 19.4. The van der Waals surface area contributed by atoms with Gasteiger partial charge in [-0.15, -0.1) is 0 Å². The largest absolute Gasteiger partial charge is 0.508 e. The lowest BCUT2D eigenvalue weighted by Gasteiger charge is -2.14. The summed E-state index contributed by atoms with van der Waals surface area (Å²) >= 11 is 0. The van der Waals surface area contributed by atoms with Crippen molar-refractivity contribution in [1.82, 2.24) is 0 Å². The van der Waals surface area contributed by atoms with Gasteiger partial charge in [0, 0.05) is 5.92 Å². The first-order valence-corrected chi connectivity index (χ1v) is 7.93. The standard InChI is InChI=1S/C21H18O4/c1-14(15-7-10-17(22)11-8-15)16-9-12-20(23)19(13-16)21(24)25-18-5-3-2-4-6-18/h2-14,22-23H,1H3. The third-order valence-electron chi connectivity index (χ3n) is 4.09. The molecule has 0 spiro atoms. The molecule has 0 aliphatic heterocycles. The Morgan fingerprint density at radius 3 is 2.20 bits per heavy atom. The first-order valence-electron chi connectivity index (χ1n) is 7.93. The summed E-state index contributed by atoms with van der Waals surface area (Å²) in [5.41, 5.74) is 1.97. The number of rotatable bonds is 4. The molecule has 4 heteroatoms. The number of phenolic OH excluding ortho intramolecular Hbond substituents is 2. The molecule has 3 rings (SSSR count). The molecule has 0 fully saturated rings. The van der Waals surface area contributed by atoms with Crippen molar-refractivity contribution < 1.29 is 19.7 Å². The van der Waals surface area contributed by atoms with Crippen LogP contribution in [-0.2, 0) is 0 Å². The van der Waals surface area contributed by atoms with Gasteiger partial charge in [-0.2, -0.15) is 0 Å². The molecule has 0 saturated heterocycles. The molecule has 0 radical (unpaired) electrons. The topological polar surface area (TPSA) is 66.8 Å². The van der Waals surface area contributed by atoms with Gasteiger partial charge in [0.15, 0.2) is 0 Å². The van der Waals surface area contributed by atoms with Crippen molar-refractivity contribution in [3.63, 3.8) is 0 Å². The summed E-state index contributed by atoms with van der Waals surface area (Å²) in [6.07, 6.45) is 0. The second-order valence-electron chi connectivity index (χ2n) is 5.79. The van der Waals surface area contributed by atoms with Crippen molar-refractivity contribution in [2.45, 2.75) is 12.8 Å². The summed E-state index contributed by atoms with van der Waals surface area (Å²) in [4.78, 5) is 12.4. The second-order valence-corrected chi connectivity index (χ2v) is 5.79. The highest BCUT2D eigenvalue weighted by Gasteiger charge is 2.17. The van der Waals surface area contributed by atoms with Crippen molar-refractivity contribution in [1.29, 1.82) is 0 Å². The van der Waals surface area contributed by atoms with E-state index in [-0.39, 0.29) is 23.0 Å². The number of hydrogen-bond acceptors (Lipinski definition) is 4. The Kier molecular flexibility index (Phi) is 4.70. The van der Waals surface area contributed by atoms with Crippen LogP contribution in [0.3, 0.4) is 0 Å². The Morgan fingerprint density at radius 1 is 0.880 bits per heavy atom. The van der Waals surface area contributed by atoms with E-state index in [0.29, 0.717) is 5.75 Å². The van der Waals surface area contributed by atoms with Crippen molar-refractivity contribution in [2.75, 3.05) is 0 Å². The molecular weight excluding hydrogens is 316 g/mol. The zero-order chi connectivity index (χ0) is 17.8. The number of carbonyl (C=O) groups is 1. The SMILES string of the molecule is CC(c1ccc(O)cc1)c1ccc(O)c(C(=O)Oc2ccccc2)c1. The van der Waals surface area contributed by atoms with Crippen molar-refractivity contribution in [2.24, 2.45) is 0 Å². The first kappa shape index (κ1) is 16.6. The average Bonchev–Trinajstić information content (AvgIpc) is 2.63. The number of para-hydroxylation sites is 1. The van der Waals surface area contributed by atoms with E-state index in [1.165, 1.54) is 6.07 Å². The third-order valence-corrected chi connectivity index (χ3v) is 4.09. The molecule has 1 atom stereocenters. The molecule has 0 aliphatic carbocycles. The minimum Gasteiger partial charge on any atom is -0.508 e. The fourth-order valence-electron chi connectivity index (χ4n) is 2.59. The highest BCUT2D eigenvalue weighted by molar-refractivity contribution is 5.94. The predicted octanol–water partition coefficient (Wildman–Crippen LogP) is 4.47. The van der Waals surface area contributed by atoms with Crippen LogP contribution < -0.4 is 4.74 Å². The van der Waals surface area contributed by atoms with Gasteiger partial charge in [-0.25, -0.2) is 4.79 Å². The summed E-state index contributed by atoms with van der Waals surface area (Å²) in [5.74, 6) is -0.117. The monoisotopic (exact) mass is 334 g/mol. The minimum absolute atomic E-state index is 0.00975. The molecule has 3 aromatic rings. The van der Waals surface area contributed by atoms with Gasteiger partial charge in [0.25, 0.3) is 0 Å². The Morgan fingerprint density at radius 2 is 1.52 bits per heavy atom. The molecule has 25 heavy (non-hydrogen) atoms. The normalized spacial score (nSPS) is 11.7. The molecule has 0 heterocycles. The van der Waals surface area contributed by atoms with E-state index in [9.17, 15) is 15.0 Å². The molecule has 4 nitrogen and oxygen atoms in total. The van der Waals surface area contributed by atoms with Crippen LogP contribution in [0.1, 0.15) is 34.3 Å². The zero-order valence-corrected chi connectivity index (χ0v) is 13.7. The van der Waals surface area contributed by atoms with Gasteiger partial charge >= 0.3 is 5.97 Å². The van der Waals surface area contributed by atoms with Crippen molar-refractivity contribution in [3.8, 4) is 17.2 Å². The summed E-state index contributed by atoms with van der Waals surface area (Å²) in [7, 11) is 0. The lowest BCUT2D eigenvalue weighted by Crippen LogP contribution is -2.10.